The Bertz CT molecular complexity index is 461. The van der Waals surface area contributed by atoms with E-state index in [-0.39, 0.29) is 17.9 Å². The van der Waals surface area contributed by atoms with Crippen LogP contribution in [0.2, 0.25) is 5.02 Å². The van der Waals surface area contributed by atoms with Crippen molar-refractivity contribution < 1.29 is 4.79 Å². The van der Waals surface area contributed by atoms with Crippen molar-refractivity contribution in [3.05, 3.63) is 23.2 Å². The van der Waals surface area contributed by atoms with Gasteiger partial charge < -0.3 is 10.6 Å². The van der Waals surface area contributed by atoms with Gasteiger partial charge in [0, 0.05) is 11.1 Å². The summed E-state index contributed by atoms with van der Waals surface area (Å²) in [5, 5.41) is 7.15. The number of anilines is 2. The third-order valence-electron chi connectivity index (χ3n) is 3.68. The Morgan fingerprint density at radius 3 is 2.88 bits per heavy atom. The van der Waals surface area contributed by atoms with Crippen LogP contribution in [0.1, 0.15) is 25.7 Å². The van der Waals surface area contributed by atoms with Gasteiger partial charge in [-0.25, -0.2) is 0 Å². The lowest BCUT2D eigenvalue weighted by Gasteiger charge is -2.29. The third-order valence-corrected chi connectivity index (χ3v) is 3.92. The number of halogens is 1. The van der Waals surface area contributed by atoms with Gasteiger partial charge >= 0.3 is 0 Å². The van der Waals surface area contributed by atoms with E-state index in [0.29, 0.717) is 5.02 Å². The minimum atomic E-state index is 0.0925. The lowest BCUT2D eigenvalue weighted by atomic mass is 9.84. The summed E-state index contributed by atoms with van der Waals surface area (Å²) in [5.41, 5.74) is 1.79. The highest BCUT2D eigenvalue weighted by atomic mass is 35.5. The second-order valence-electron chi connectivity index (χ2n) is 4.82. The first-order valence-corrected chi connectivity index (χ1v) is 6.49. The molecule has 90 valence electrons. The normalized spacial score (nSPS) is 27.2. The zero-order chi connectivity index (χ0) is 11.8. The van der Waals surface area contributed by atoms with Gasteiger partial charge in [0.25, 0.3) is 0 Å². The fraction of sp³-hybridized carbons (Fsp3) is 0.462. The van der Waals surface area contributed by atoms with Gasteiger partial charge in [0.05, 0.1) is 17.3 Å². The molecule has 2 N–H and O–H groups in total. The van der Waals surface area contributed by atoms with E-state index in [1.54, 1.807) is 6.07 Å². The van der Waals surface area contributed by atoms with Crippen LogP contribution in [0.25, 0.3) is 0 Å². The number of benzene rings is 1. The first-order chi connectivity index (χ1) is 8.24. The summed E-state index contributed by atoms with van der Waals surface area (Å²) in [4.78, 5) is 12.1. The molecule has 1 fully saturated rings. The monoisotopic (exact) mass is 250 g/mol. The van der Waals surface area contributed by atoms with Crippen molar-refractivity contribution in [2.75, 3.05) is 10.6 Å². The largest absolute Gasteiger partial charge is 0.380 e. The molecule has 2 atom stereocenters. The van der Waals surface area contributed by atoms with Gasteiger partial charge in [-0.05, 0) is 31.0 Å². The number of hydrogen-bond acceptors (Lipinski definition) is 2. The Hall–Kier alpha value is -1.22. The van der Waals surface area contributed by atoms with E-state index in [1.807, 2.05) is 12.1 Å². The van der Waals surface area contributed by atoms with Gasteiger partial charge in [-0.15, -0.1) is 0 Å². The first kappa shape index (κ1) is 10.9. The summed E-state index contributed by atoms with van der Waals surface area (Å²) in [6.07, 6.45) is 4.37. The van der Waals surface area contributed by atoms with Crippen molar-refractivity contribution in [1.82, 2.24) is 0 Å². The summed E-state index contributed by atoms with van der Waals surface area (Å²) >= 11 is 5.99. The van der Waals surface area contributed by atoms with Crippen molar-refractivity contribution in [2.24, 2.45) is 5.92 Å². The van der Waals surface area contributed by atoms with E-state index in [4.69, 9.17) is 11.6 Å². The molecule has 2 unspecified atom stereocenters. The molecule has 0 aromatic heterocycles. The van der Waals surface area contributed by atoms with E-state index in [1.165, 1.54) is 6.42 Å². The van der Waals surface area contributed by atoms with E-state index in [9.17, 15) is 4.79 Å². The maximum Gasteiger partial charge on any atom is 0.229 e. The minimum absolute atomic E-state index is 0.0925. The topological polar surface area (TPSA) is 41.1 Å². The van der Waals surface area contributed by atoms with Gasteiger partial charge in [-0.3, -0.25) is 4.79 Å². The molecular formula is C13H15ClN2O. The second kappa shape index (κ2) is 4.22. The SMILES string of the molecule is O=C1Nc2ccc(Cl)cc2NC2CCCCC12. The number of carbonyl (C=O) groups excluding carboxylic acids is 1. The van der Waals surface area contributed by atoms with Crippen molar-refractivity contribution in [3.8, 4) is 0 Å². The van der Waals surface area contributed by atoms with E-state index >= 15 is 0 Å². The molecule has 0 bridgehead atoms. The van der Waals surface area contributed by atoms with Gasteiger partial charge in [0.1, 0.15) is 0 Å². The summed E-state index contributed by atoms with van der Waals surface area (Å²) in [6, 6.07) is 5.80. The Labute approximate surface area is 106 Å². The van der Waals surface area contributed by atoms with Crippen LogP contribution in [0.5, 0.6) is 0 Å². The maximum absolute atomic E-state index is 12.1. The van der Waals surface area contributed by atoms with E-state index < -0.39 is 0 Å². The number of fused-ring (bicyclic) bond motifs is 2. The standard InChI is InChI=1S/C13H15ClN2O/c14-8-5-6-11-12(7-8)15-10-4-2-1-3-9(10)13(17)16-11/h5-7,9-10,15H,1-4H2,(H,16,17). The van der Waals surface area contributed by atoms with Crippen molar-refractivity contribution in [1.29, 1.82) is 0 Å². The van der Waals surface area contributed by atoms with Crippen LogP contribution in [0.3, 0.4) is 0 Å². The van der Waals surface area contributed by atoms with Crippen molar-refractivity contribution >= 4 is 28.9 Å². The molecule has 1 heterocycles. The van der Waals surface area contributed by atoms with Crippen LogP contribution in [0.15, 0.2) is 18.2 Å². The van der Waals surface area contributed by atoms with Crippen LogP contribution < -0.4 is 10.6 Å². The molecule has 1 aliphatic carbocycles. The smallest absolute Gasteiger partial charge is 0.229 e. The average Bonchev–Trinajstić information content (AvgIpc) is 2.46. The van der Waals surface area contributed by atoms with Gasteiger partial charge in [0.2, 0.25) is 5.91 Å². The van der Waals surface area contributed by atoms with Crippen LogP contribution in [0.4, 0.5) is 11.4 Å². The first-order valence-electron chi connectivity index (χ1n) is 6.11. The number of carbonyl (C=O) groups is 1. The summed E-state index contributed by atoms with van der Waals surface area (Å²) < 4.78 is 0. The molecule has 0 saturated heterocycles. The molecule has 1 aromatic rings. The predicted octanol–water partition coefficient (Wildman–Crippen LogP) is 3.26. The number of rotatable bonds is 0. The molecule has 0 radical (unpaired) electrons. The van der Waals surface area contributed by atoms with Crippen LogP contribution in [-0.2, 0) is 4.79 Å². The molecule has 1 aliphatic heterocycles. The van der Waals surface area contributed by atoms with E-state index in [0.717, 1.165) is 30.6 Å². The fourth-order valence-electron chi connectivity index (χ4n) is 2.79. The third kappa shape index (κ3) is 2.00. The lowest BCUT2D eigenvalue weighted by Crippen LogP contribution is -2.37. The zero-order valence-corrected chi connectivity index (χ0v) is 10.3. The number of nitrogens with one attached hydrogen (secondary N) is 2. The van der Waals surface area contributed by atoms with Gasteiger partial charge in [-0.2, -0.15) is 0 Å². The highest BCUT2D eigenvalue weighted by molar-refractivity contribution is 6.31. The quantitative estimate of drug-likeness (QED) is 0.742. The molecule has 2 aliphatic rings. The van der Waals surface area contributed by atoms with Crippen LogP contribution in [0, 0.1) is 5.92 Å². The lowest BCUT2D eigenvalue weighted by molar-refractivity contribution is -0.120. The Balaban J connectivity index is 1.98. The van der Waals surface area contributed by atoms with Crippen LogP contribution >= 0.6 is 11.6 Å². The number of hydrogen-bond donors (Lipinski definition) is 2. The Morgan fingerprint density at radius 1 is 1.18 bits per heavy atom. The van der Waals surface area contributed by atoms with E-state index in [2.05, 4.69) is 10.6 Å². The second-order valence-corrected chi connectivity index (χ2v) is 5.26. The molecule has 3 rings (SSSR count). The molecule has 4 heteroatoms. The molecule has 0 spiro atoms. The predicted molar refractivity (Wildman–Crippen MR) is 69.5 cm³/mol. The average molecular weight is 251 g/mol. The Morgan fingerprint density at radius 2 is 2.00 bits per heavy atom. The highest BCUT2D eigenvalue weighted by Crippen LogP contribution is 2.35. The van der Waals surface area contributed by atoms with Crippen LogP contribution in [-0.4, -0.2) is 11.9 Å². The number of amides is 1. The zero-order valence-electron chi connectivity index (χ0n) is 9.50. The Kier molecular flexibility index (Phi) is 2.71. The summed E-state index contributed by atoms with van der Waals surface area (Å²) in [7, 11) is 0. The van der Waals surface area contributed by atoms with Gasteiger partial charge in [0.15, 0.2) is 0 Å². The molecule has 1 aromatic carbocycles. The van der Waals surface area contributed by atoms with Crippen molar-refractivity contribution in [3.63, 3.8) is 0 Å². The minimum Gasteiger partial charge on any atom is -0.380 e. The van der Waals surface area contributed by atoms with Crippen molar-refractivity contribution in [2.45, 2.75) is 31.7 Å². The molecule has 17 heavy (non-hydrogen) atoms. The summed E-state index contributed by atoms with van der Waals surface area (Å²) in [6.45, 7) is 0. The molecule has 3 nitrogen and oxygen atoms in total. The summed E-state index contributed by atoms with van der Waals surface area (Å²) in [5.74, 6) is 0.234. The highest BCUT2D eigenvalue weighted by Gasteiger charge is 2.33. The molecule has 1 amide bonds. The molecule has 1 saturated carbocycles. The fourth-order valence-corrected chi connectivity index (χ4v) is 2.96. The van der Waals surface area contributed by atoms with Gasteiger partial charge in [-0.1, -0.05) is 24.4 Å². The maximum atomic E-state index is 12.1. The molecular weight excluding hydrogens is 236 g/mol.